The van der Waals surface area contributed by atoms with Crippen molar-refractivity contribution in [1.82, 2.24) is 4.90 Å². The lowest BCUT2D eigenvalue weighted by Crippen LogP contribution is -2.49. The van der Waals surface area contributed by atoms with Crippen LogP contribution in [0.5, 0.6) is 0 Å². The van der Waals surface area contributed by atoms with E-state index in [2.05, 4.69) is 12.6 Å². The number of carboxylic acid groups (broad SMARTS) is 1. The molecule has 2 N–H and O–H groups in total. The number of carboxylic acids is 1. The number of rotatable bonds is 6. The fourth-order valence-electron chi connectivity index (χ4n) is 2.66. The molecule has 1 unspecified atom stereocenters. The van der Waals surface area contributed by atoms with Gasteiger partial charge >= 0.3 is 5.97 Å². The normalized spacial score (nSPS) is 21.3. The van der Waals surface area contributed by atoms with E-state index >= 15 is 0 Å². The summed E-state index contributed by atoms with van der Waals surface area (Å²) < 4.78 is 0. The van der Waals surface area contributed by atoms with Crippen LogP contribution in [0.2, 0.25) is 0 Å². The molecule has 0 spiro atoms. The second kappa shape index (κ2) is 6.95. The maximum absolute atomic E-state index is 12.1. The van der Waals surface area contributed by atoms with Gasteiger partial charge in [0.15, 0.2) is 6.10 Å². The van der Waals surface area contributed by atoms with E-state index < -0.39 is 18.1 Å². The molecular weight excluding hydrogens is 290 g/mol. The van der Waals surface area contributed by atoms with Gasteiger partial charge in [-0.05, 0) is 23.7 Å². The quantitative estimate of drug-likeness (QED) is 0.680. The molecule has 1 aliphatic heterocycles. The van der Waals surface area contributed by atoms with Gasteiger partial charge < -0.3 is 15.1 Å². The van der Waals surface area contributed by atoms with Crippen molar-refractivity contribution in [3.63, 3.8) is 0 Å². The summed E-state index contributed by atoms with van der Waals surface area (Å²) in [6, 6.07) is 8.53. The van der Waals surface area contributed by atoms with Gasteiger partial charge in [0.25, 0.3) is 0 Å². The molecule has 114 valence electrons. The number of amides is 1. The molecule has 6 heteroatoms. The summed E-state index contributed by atoms with van der Waals surface area (Å²) in [5.41, 5.74) is 0.893. The minimum Gasteiger partial charge on any atom is -0.479 e. The maximum Gasteiger partial charge on any atom is 0.334 e. The highest BCUT2D eigenvalue weighted by atomic mass is 32.1. The number of hydrogen-bond donors (Lipinski definition) is 3. The third kappa shape index (κ3) is 3.77. The molecule has 0 saturated carbocycles. The molecule has 0 bridgehead atoms. The fraction of sp³-hybridized carbons (Fsp3) is 0.467. The Morgan fingerprint density at radius 3 is 2.57 bits per heavy atom. The average molecular weight is 309 g/mol. The van der Waals surface area contributed by atoms with Crippen LogP contribution in [0.4, 0.5) is 0 Å². The van der Waals surface area contributed by atoms with Crippen molar-refractivity contribution in [2.45, 2.75) is 25.0 Å². The third-order valence-electron chi connectivity index (χ3n) is 3.80. The lowest BCUT2D eigenvalue weighted by molar-refractivity contribution is -0.152. The van der Waals surface area contributed by atoms with Gasteiger partial charge in [-0.2, -0.15) is 12.6 Å². The van der Waals surface area contributed by atoms with Crippen molar-refractivity contribution in [3.8, 4) is 0 Å². The Bertz CT molecular complexity index is 508. The highest BCUT2D eigenvalue weighted by Gasteiger charge is 2.39. The highest BCUT2D eigenvalue weighted by molar-refractivity contribution is 7.80. The number of benzene rings is 1. The van der Waals surface area contributed by atoms with E-state index in [0.717, 1.165) is 5.56 Å². The number of carbonyl (C=O) groups excluding carboxylic acids is 1. The summed E-state index contributed by atoms with van der Waals surface area (Å²) in [4.78, 5) is 24.7. The number of hydrogen-bond acceptors (Lipinski definition) is 4. The molecule has 1 amide bonds. The zero-order valence-corrected chi connectivity index (χ0v) is 12.4. The van der Waals surface area contributed by atoms with E-state index in [1.165, 1.54) is 4.90 Å². The predicted molar refractivity (Wildman–Crippen MR) is 81.2 cm³/mol. The van der Waals surface area contributed by atoms with Crippen LogP contribution in [0.1, 0.15) is 12.0 Å². The highest BCUT2D eigenvalue weighted by Crippen LogP contribution is 2.24. The summed E-state index contributed by atoms with van der Waals surface area (Å²) >= 11 is 4.20. The predicted octanol–water partition coefficient (Wildman–Crippen LogP) is 0.821. The van der Waals surface area contributed by atoms with E-state index in [0.29, 0.717) is 25.1 Å². The van der Waals surface area contributed by atoms with Crippen LogP contribution in [0, 0.1) is 5.92 Å². The first kappa shape index (κ1) is 15.9. The summed E-state index contributed by atoms with van der Waals surface area (Å²) in [6.45, 7) is 0.449. The monoisotopic (exact) mass is 309 g/mol. The number of likely N-dealkylation sites (tertiary alicyclic amines) is 1. The van der Waals surface area contributed by atoms with Gasteiger partial charge in [0.1, 0.15) is 0 Å². The van der Waals surface area contributed by atoms with Gasteiger partial charge in [-0.3, -0.25) is 4.79 Å². The minimum absolute atomic E-state index is 0.111. The van der Waals surface area contributed by atoms with Crippen LogP contribution in [0.25, 0.3) is 0 Å². The van der Waals surface area contributed by atoms with Crippen LogP contribution in [0.15, 0.2) is 30.3 Å². The molecule has 0 radical (unpaired) electrons. The SMILES string of the molecule is O=C(O)[C@@H](O)[C@@H](Cc1ccccc1)N1CC(CS)CC1=O. The first-order valence-electron chi connectivity index (χ1n) is 6.88. The van der Waals surface area contributed by atoms with Crippen LogP contribution in [0.3, 0.4) is 0 Å². The van der Waals surface area contributed by atoms with Gasteiger partial charge in [-0.25, -0.2) is 4.79 Å². The molecule has 5 nitrogen and oxygen atoms in total. The standard InChI is InChI=1S/C15H19NO4S/c17-13-7-11(9-21)8-16(13)12(14(18)15(19)20)6-10-4-2-1-3-5-10/h1-5,11-12,14,18,21H,6-9H2,(H,19,20)/t11?,12-,14+/m1/s1. The molecule has 1 aromatic rings. The van der Waals surface area contributed by atoms with E-state index in [4.69, 9.17) is 5.11 Å². The minimum atomic E-state index is -1.59. The molecule has 1 aliphatic rings. The van der Waals surface area contributed by atoms with Crippen LogP contribution in [-0.4, -0.2) is 51.4 Å². The Morgan fingerprint density at radius 1 is 1.38 bits per heavy atom. The van der Waals surface area contributed by atoms with E-state index in [9.17, 15) is 14.7 Å². The summed E-state index contributed by atoms with van der Waals surface area (Å²) in [5, 5.41) is 19.1. The molecule has 1 aromatic carbocycles. The Balaban J connectivity index is 2.20. The topological polar surface area (TPSA) is 77.8 Å². The number of aliphatic hydroxyl groups excluding tert-OH is 1. The van der Waals surface area contributed by atoms with Crippen molar-refractivity contribution < 1.29 is 19.8 Å². The van der Waals surface area contributed by atoms with Gasteiger partial charge in [0.2, 0.25) is 5.91 Å². The lowest BCUT2D eigenvalue weighted by atomic mass is 10.00. The lowest BCUT2D eigenvalue weighted by Gasteiger charge is -2.30. The molecule has 3 atom stereocenters. The number of carbonyl (C=O) groups is 2. The van der Waals surface area contributed by atoms with Crippen molar-refractivity contribution >= 4 is 24.5 Å². The zero-order chi connectivity index (χ0) is 15.4. The van der Waals surface area contributed by atoms with Crippen LogP contribution >= 0.6 is 12.6 Å². The Labute approximate surface area is 129 Å². The molecule has 2 rings (SSSR count). The fourth-order valence-corrected chi connectivity index (χ4v) is 2.91. The largest absolute Gasteiger partial charge is 0.479 e. The van der Waals surface area contributed by atoms with Gasteiger partial charge in [0.05, 0.1) is 6.04 Å². The molecule has 21 heavy (non-hydrogen) atoms. The smallest absolute Gasteiger partial charge is 0.334 e. The molecule has 1 heterocycles. The first-order chi connectivity index (χ1) is 10.0. The van der Waals surface area contributed by atoms with Gasteiger partial charge in [0, 0.05) is 13.0 Å². The van der Waals surface area contributed by atoms with Crippen molar-refractivity contribution in [1.29, 1.82) is 0 Å². The van der Waals surface area contributed by atoms with Crippen LogP contribution < -0.4 is 0 Å². The molecule has 0 aliphatic carbocycles. The van der Waals surface area contributed by atoms with E-state index in [-0.39, 0.29) is 11.8 Å². The first-order valence-corrected chi connectivity index (χ1v) is 7.51. The number of thiol groups is 1. The maximum atomic E-state index is 12.1. The number of aliphatic carboxylic acids is 1. The third-order valence-corrected chi connectivity index (χ3v) is 4.32. The molecular formula is C15H19NO4S. The van der Waals surface area contributed by atoms with Crippen LogP contribution in [-0.2, 0) is 16.0 Å². The van der Waals surface area contributed by atoms with E-state index in [1.807, 2.05) is 30.3 Å². The molecule has 1 fully saturated rings. The second-order valence-corrected chi connectivity index (χ2v) is 5.70. The van der Waals surface area contributed by atoms with Gasteiger partial charge in [-0.15, -0.1) is 0 Å². The summed E-state index contributed by atoms with van der Waals surface area (Å²) in [6.07, 6.45) is -0.909. The average Bonchev–Trinajstić information content (AvgIpc) is 2.86. The van der Waals surface area contributed by atoms with Crippen molar-refractivity contribution in [2.75, 3.05) is 12.3 Å². The summed E-state index contributed by atoms with van der Waals surface area (Å²) in [5.74, 6) is -0.739. The number of aliphatic hydroxyl groups is 1. The Morgan fingerprint density at radius 2 is 2.05 bits per heavy atom. The van der Waals surface area contributed by atoms with Crippen molar-refractivity contribution in [3.05, 3.63) is 35.9 Å². The number of nitrogens with zero attached hydrogens (tertiary/aromatic N) is 1. The summed E-state index contributed by atoms with van der Waals surface area (Å²) in [7, 11) is 0. The Hall–Kier alpha value is -1.53. The zero-order valence-electron chi connectivity index (χ0n) is 11.6. The molecule has 1 saturated heterocycles. The van der Waals surface area contributed by atoms with Crippen molar-refractivity contribution in [2.24, 2.45) is 5.92 Å². The van der Waals surface area contributed by atoms with Gasteiger partial charge in [-0.1, -0.05) is 30.3 Å². The van der Waals surface area contributed by atoms with E-state index in [1.54, 1.807) is 0 Å². The molecule has 0 aromatic heterocycles. The second-order valence-electron chi connectivity index (χ2n) is 5.34. The Kier molecular flexibility index (Phi) is 5.25.